The molecule has 0 heterocycles. The molecule has 0 bridgehead atoms. The molecule has 0 atom stereocenters. The van der Waals surface area contributed by atoms with Crippen LogP contribution >= 0.6 is 11.6 Å². The van der Waals surface area contributed by atoms with Gasteiger partial charge in [0.1, 0.15) is 5.75 Å². The fraction of sp³-hybridized carbons (Fsp3) is 0.462. The smallest absolute Gasteiger partial charge is 0.163 e. The molecule has 16 heavy (non-hydrogen) atoms. The maximum absolute atomic E-state index is 11.9. The Labute approximate surface area is 102 Å². The fourth-order valence-corrected chi connectivity index (χ4v) is 1.68. The molecular formula is C13H17ClO2. The molecule has 0 aromatic heterocycles. The molecule has 0 aliphatic carbocycles. The van der Waals surface area contributed by atoms with Crippen molar-refractivity contribution in [3.05, 3.63) is 28.8 Å². The summed E-state index contributed by atoms with van der Waals surface area (Å²) in [6.45, 7) is 6.11. The van der Waals surface area contributed by atoms with Gasteiger partial charge in [0.2, 0.25) is 0 Å². The van der Waals surface area contributed by atoms with Crippen LogP contribution in [0.3, 0.4) is 0 Å². The second kappa shape index (κ2) is 4.88. The molecule has 0 spiro atoms. The number of hydrogen-bond acceptors (Lipinski definition) is 2. The molecule has 1 aromatic rings. The van der Waals surface area contributed by atoms with E-state index >= 15 is 0 Å². The second-order valence-corrected chi connectivity index (χ2v) is 5.42. The number of rotatable bonds is 3. The summed E-state index contributed by atoms with van der Waals surface area (Å²) in [6.07, 6.45) is 0.510. The van der Waals surface area contributed by atoms with Crippen molar-refractivity contribution in [1.82, 2.24) is 0 Å². The fourth-order valence-electron chi connectivity index (χ4n) is 1.42. The number of Topliss-reactive ketones (excluding diaryl/α,β-unsaturated/α-hetero) is 1. The zero-order chi connectivity index (χ0) is 12.3. The summed E-state index contributed by atoms with van der Waals surface area (Å²) in [6, 6.07) is 5.13. The van der Waals surface area contributed by atoms with Crippen LogP contribution in [0.2, 0.25) is 5.02 Å². The molecule has 0 unspecified atom stereocenters. The highest BCUT2D eigenvalue weighted by Crippen LogP contribution is 2.27. The third-order valence-electron chi connectivity index (χ3n) is 2.16. The van der Waals surface area contributed by atoms with E-state index in [1.165, 1.54) is 0 Å². The van der Waals surface area contributed by atoms with Gasteiger partial charge in [0.05, 0.1) is 12.1 Å². The molecule has 3 heteroatoms. The summed E-state index contributed by atoms with van der Waals surface area (Å²) in [7, 11) is 1.55. The minimum atomic E-state index is -0.0104. The van der Waals surface area contributed by atoms with E-state index in [0.717, 1.165) is 0 Å². The van der Waals surface area contributed by atoms with Gasteiger partial charge in [-0.15, -0.1) is 0 Å². The first-order valence-corrected chi connectivity index (χ1v) is 5.58. The first-order chi connectivity index (χ1) is 7.33. The topological polar surface area (TPSA) is 26.3 Å². The summed E-state index contributed by atoms with van der Waals surface area (Å²) in [5.41, 5.74) is 0.629. The normalized spacial score (nSPS) is 11.3. The van der Waals surface area contributed by atoms with Crippen LogP contribution in [-0.2, 0) is 0 Å². The second-order valence-electron chi connectivity index (χ2n) is 5.01. The van der Waals surface area contributed by atoms with Gasteiger partial charge in [-0.2, -0.15) is 0 Å². The van der Waals surface area contributed by atoms with Gasteiger partial charge in [-0.3, -0.25) is 4.79 Å². The first-order valence-electron chi connectivity index (χ1n) is 5.20. The van der Waals surface area contributed by atoms with Gasteiger partial charge in [-0.1, -0.05) is 32.4 Å². The van der Waals surface area contributed by atoms with Crippen LogP contribution in [0.15, 0.2) is 18.2 Å². The third kappa shape index (κ3) is 3.53. The quantitative estimate of drug-likeness (QED) is 0.748. The zero-order valence-electron chi connectivity index (χ0n) is 10.1. The number of ketones is 1. The molecule has 0 aliphatic rings. The number of methoxy groups -OCH3 is 1. The molecule has 88 valence electrons. The standard InChI is InChI=1S/C13H17ClO2/c1-13(2,3)8-11(15)9-5-6-12(16-4)10(14)7-9/h5-7H,8H2,1-4H3. The van der Waals surface area contributed by atoms with E-state index in [1.54, 1.807) is 25.3 Å². The van der Waals surface area contributed by atoms with Crippen LogP contribution in [0.25, 0.3) is 0 Å². The van der Waals surface area contributed by atoms with Crippen LogP contribution in [0, 0.1) is 5.41 Å². The van der Waals surface area contributed by atoms with Gasteiger partial charge in [0.25, 0.3) is 0 Å². The van der Waals surface area contributed by atoms with Gasteiger partial charge in [-0.25, -0.2) is 0 Å². The lowest BCUT2D eigenvalue weighted by molar-refractivity contribution is 0.0940. The monoisotopic (exact) mass is 240 g/mol. The maximum atomic E-state index is 11.9. The van der Waals surface area contributed by atoms with E-state index in [-0.39, 0.29) is 11.2 Å². The number of halogens is 1. The van der Waals surface area contributed by atoms with Crippen molar-refractivity contribution in [3.63, 3.8) is 0 Å². The zero-order valence-corrected chi connectivity index (χ0v) is 10.9. The number of hydrogen-bond donors (Lipinski definition) is 0. The summed E-state index contributed by atoms with van der Waals surface area (Å²) in [4.78, 5) is 11.9. The van der Waals surface area contributed by atoms with Crippen LogP contribution in [0.5, 0.6) is 5.75 Å². The van der Waals surface area contributed by atoms with Crippen molar-refractivity contribution in [1.29, 1.82) is 0 Å². The Bertz CT molecular complexity index is 391. The minimum absolute atomic E-state index is 0.0104. The molecule has 0 saturated heterocycles. The number of carbonyl (C=O) groups excluding carboxylic acids is 1. The van der Waals surface area contributed by atoms with Crippen molar-refractivity contribution in [2.45, 2.75) is 27.2 Å². The number of ether oxygens (including phenoxy) is 1. The Morgan fingerprint density at radius 3 is 2.44 bits per heavy atom. The molecule has 0 fully saturated rings. The highest BCUT2D eigenvalue weighted by atomic mass is 35.5. The number of carbonyl (C=O) groups is 1. The van der Waals surface area contributed by atoms with Crippen LogP contribution in [0.4, 0.5) is 0 Å². The predicted octanol–water partition coefficient (Wildman–Crippen LogP) is 3.97. The van der Waals surface area contributed by atoms with E-state index in [9.17, 15) is 4.79 Å². The Kier molecular flexibility index (Phi) is 3.98. The van der Waals surface area contributed by atoms with Crippen molar-refractivity contribution < 1.29 is 9.53 Å². The summed E-state index contributed by atoms with van der Waals surface area (Å²) in [5.74, 6) is 0.700. The summed E-state index contributed by atoms with van der Waals surface area (Å²) < 4.78 is 5.04. The predicted molar refractivity (Wildman–Crippen MR) is 66.4 cm³/mol. The Morgan fingerprint density at radius 1 is 1.38 bits per heavy atom. The van der Waals surface area contributed by atoms with Crippen molar-refractivity contribution in [3.8, 4) is 5.75 Å². The largest absolute Gasteiger partial charge is 0.495 e. The van der Waals surface area contributed by atoms with Gasteiger partial charge in [0.15, 0.2) is 5.78 Å². The lowest BCUT2D eigenvalue weighted by Gasteiger charge is -2.17. The Morgan fingerprint density at radius 2 is 2.00 bits per heavy atom. The molecule has 1 rings (SSSR count). The van der Waals surface area contributed by atoms with E-state index in [1.807, 2.05) is 20.8 Å². The first kappa shape index (κ1) is 13.0. The highest BCUT2D eigenvalue weighted by Gasteiger charge is 2.18. The van der Waals surface area contributed by atoms with Gasteiger partial charge in [0, 0.05) is 12.0 Å². The Balaban J connectivity index is 2.89. The Hall–Kier alpha value is -1.02. The van der Waals surface area contributed by atoms with Gasteiger partial charge < -0.3 is 4.74 Å². The van der Waals surface area contributed by atoms with Crippen molar-refractivity contribution >= 4 is 17.4 Å². The van der Waals surface area contributed by atoms with Gasteiger partial charge >= 0.3 is 0 Å². The van der Waals surface area contributed by atoms with E-state index in [2.05, 4.69) is 0 Å². The maximum Gasteiger partial charge on any atom is 0.163 e. The minimum Gasteiger partial charge on any atom is -0.495 e. The van der Waals surface area contributed by atoms with Crippen molar-refractivity contribution in [2.75, 3.05) is 7.11 Å². The molecule has 2 nitrogen and oxygen atoms in total. The van der Waals surface area contributed by atoms with E-state index in [4.69, 9.17) is 16.3 Å². The van der Waals surface area contributed by atoms with Crippen LogP contribution in [-0.4, -0.2) is 12.9 Å². The molecular weight excluding hydrogens is 224 g/mol. The third-order valence-corrected chi connectivity index (χ3v) is 2.46. The van der Waals surface area contributed by atoms with Crippen LogP contribution in [0.1, 0.15) is 37.6 Å². The molecule has 0 N–H and O–H groups in total. The van der Waals surface area contributed by atoms with Crippen LogP contribution < -0.4 is 4.74 Å². The molecule has 0 radical (unpaired) electrons. The molecule has 0 saturated carbocycles. The van der Waals surface area contributed by atoms with Crippen molar-refractivity contribution in [2.24, 2.45) is 5.41 Å². The molecule has 0 aliphatic heterocycles. The average Bonchev–Trinajstić information content (AvgIpc) is 2.15. The highest BCUT2D eigenvalue weighted by molar-refractivity contribution is 6.32. The molecule has 1 aromatic carbocycles. The summed E-state index contributed by atoms with van der Waals surface area (Å²) in [5, 5.41) is 0.474. The van der Waals surface area contributed by atoms with E-state index < -0.39 is 0 Å². The average molecular weight is 241 g/mol. The van der Waals surface area contributed by atoms with Gasteiger partial charge in [-0.05, 0) is 23.6 Å². The molecule has 0 amide bonds. The lowest BCUT2D eigenvalue weighted by Crippen LogP contribution is -2.13. The van der Waals surface area contributed by atoms with E-state index in [0.29, 0.717) is 22.8 Å². The lowest BCUT2D eigenvalue weighted by atomic mass is 9.88. The SMILES string of the molecule is COc1ccc(C(=O)CC(C)(C)C)cc1Cl. The summed E-state index contributed by atoms with van der Waals surface area (Å²) >= 11 is 5.97. The number of benzene rings is 1.